The smallest absolute Gasteiger partial charge is 0.282 e. The SMILES string of the molecule is CCCN(C1CCNC1)S(=O)(=O)N1CC2CCC1C2.Cl. The van der Waals surface area contributed by atoms with Crippen molar-refractivity contribution >= 4 is 22.6 Å². The Hall–Kier alpha value is 0.120. The van der Waals surface area contributed by atoms with Gasteiger partial charge in [0.2, 0.25) is 0 Å². The molecule has 2 aliphatic heterocycles. The van der Waals surface area contributed by atoms with Gasteiger partial charge in [0, 0.05) is 31.7 Å². The molecule has 3 fully saturated rings. The van der Waals surface area contributed by atoms with Crippen molar-refractivity contribution in [2.45, 2.75) is 51.1 Å². The standard InChI is InChI=1S/C13H25N3O2S.ClH/c1-2-7-15(13-5-6-14-9-13)19(17,18)16-10-11-3-4-12(16)8-11;/h11-14H,2-10H2,1H3;1H. The molecule has 1 N–H and O–H groups in total. The second-order valence-electron chi connectivity index (χ2n) is 6.17. The molecule has 3 atom stereocenters. The molecular weight excluding hydrogens is 298 g/mol. The van der Waals surface area contributed by atoms with E-state index in [0.29, 0.717) is 12.5 Å². The van der Waals surface area contributed by atoms with Gasteiger partial charge >= 0.3 is 0 Å². The van der Waals surface area contributed by atoms with Crippen molar-refractivity contribution in [2.75, 3.05) is 26.2 Å². The summed E-state index contributed by atoms with van der Waals surface area (Å²) in [5.41, 5.74) is 0. The molecule has 0 aromatic rings. The number of rotatable bonds is 5. The first-order chi connectivity index (χ1) is 9.13. The Morgan fingerprint density at radius 2 is 2.10 bits per heavy atom. The van der Waals surface area contributed by atoms with Crippen molar-refractivity contribution in [3.63, 3.8) is 0 Å². The second kappa shape index (κ2) is 6.48. The van der Waals surface area contributed by atoms with Crippen molar-refractivity contribution in [3.05, 3.63) is 0 Å². The molecule has 2 bridgehead atoms. The summed E-state index contributed by atoms with van der Waals surface area (Å²) in [4.78, 5) is 0. The number of hydrogen-bond acceptors (Lipinski definition) is 3. The minimum atomic E-state index is -3.25. The maximum absolute atomic E-state index is 12.9. The van der Waals surface area contributed by atoms with Crippen molar-refractivity contribution in [1.82, 2.24) is 13.9 Å². The molecule has 3 aliphatic rings. The van der Waals surface area contributed by atoms with E-state index >= 15 is 0 Å². The molecule has 3 unspecified atom stereocenters. The van der Waals surface area contributed by atoms with Gasteiger partial charge in [0.15, 0.2) is 0 Å². The van der Waals surface area contributed by atoms with Gasteiger partial charge < -0.3 is 5.32 Å². The summed E-state index contributed by atoms with van der Waals surface area (Å²) in [6.45, 7) is 5.21. The molecule has 0 amide bonds. The highest BCUT2D eigenvalue weighted by Crippen LogP contribution is 2.40. The van der Waals surface area contributed by atoms with E-state index in [1.165, 1.54) is 6.42 Å². The highest BCUT2D eigenvalue weighted by Gasteiger charge is 2.47. The van der Waals surface area contributed by atoms with E-state index in [9.17, 15) is 8.42 Å². The summed E-state index contributed by atoms with van der Waals surface area (Å²) in [6, 6.07) is 0.438. The van der Waals surface area contributed by atoms with Gasteiger partial charge in [-0.25, -0.2) is 0 Å². The van der Waals surface area contributed by atoms with E-state index in [1.54, 1.807) is 8.61 Å². The third-order valence-electron chi connectivity index (χ3n) is 4.84. The minimum Gasteiger partial charge on any atom is -0.315 e. The first-order valence-corrected chi connectivity index (χ1v) is 9.02. The van der Waals surface area contributed by atoms with E-state index in [0.717, 1.165) is 45.3 Å². The lowest BCUT2D eigenvalue weighted by atomic mass is 10.1. The van der Waals surface area contributed by atoms with Crippen LogP contribution in [0.3, 0.4) is 0 Å². The van der Waals surface area contributed by atoms with Crippen LogP contribution in [0, 0.1) is 5.92 Å². The zero-order chi connectivity index (χ0) is 13.5. The number of fused-ring (bicyclic) bond motifs is 2. The van der Waals surface area contributed by atoms with Gasteiger partial charge in [-0.15, -0.1) is 12.4 Å². The molecule has 0 aromatic heterocycles. The average Bonchev–Trinajstić information content (AvgIpc) is 3.11. The first kappa shape index (κ1) is 16.5. The molecule has 5 nitrogen and oxygen atoms in total. The lowest BCUT2D eigenvalue weighted by Gasteiger charge is -2.35. The van der Waals surface area contributed by atoms with Crippen LogP contribution >= 0.6 is 12.4 Å². The quantitative estimate of drug-likeness (QED) is 0.827. The Kier molecular flexibility index (Phi) is 5.34. The normalized spacial score (nSPS) is 33.8. The Labute approximate surface area is 128 Å². The number of hydrogen-bond donors (Lipinski definition) is 1. The number of nitrogens with one attached hydrogen (secondary N) is 1. The van der Waals surface area contributed by atoms with Crippen molar-refractivity contribution in [2.24, 2.45) is 5.92 Å². The van der Waals surface area contributed by atoms with Gasteiger partial charge in [-0.3, -0.25) is 0 Å². The van der Waals surface area contributed by atoms with Crippen LogP contribution in [0.5, 0.6) is 0 Å². The van der Waals surface area contributed by atoms with Gasteiger partial charge in [0.05, 0.1) is 0 Å². The molecule has 1 aliphatic carbocycles. The van der Waals surface area contributed by atoms with Gasteiger partial charge in [-0.2, -0.15) is 17.0 Å². The third-order valence-corrected chi connectivity index (χ3v) is 6.95. The fourth-order valence-electron chi connectivity index (χ4n) is 3.89. The Morgan fingerprint density at radius 3 is 2.60 bits per heavy atom. The number of halogens is 1. The molecule has 0 spiro atoms. The molecule has 2 saturated heterocycles. The Balaban J connectivity index is 0.00000147. The topological polar surface area (TPSA) is 52.7 Å². The third kappa shape index (κ3) is 2.86. The maximum atomic E-state index is 12.9. The Morgan fingerprint density at radius 1 is 1.30 bits per heavy atom. The van der Waals surface area contributed by atoms with Gasteiger partial charge in [-0.1, -0.05) is 6.92 Å². The fourth-order valence-corrected chi connectivity index (χ4v) is 6.10. The monoisotopic (exact) mass is 323 g/mol. The Bertz CT molecular complexity index is 425. The van der Waals surface area contributed by atoms with Gasteiger partial charge in [-0.05, 0) is 44.6 Å². The molecule has 1 saturated carbocycles. The van der Waals surface area contributed by atoms with Crippen LogP contribution in [0.15, 0.2) is 0 Å². The van der Waals surface area contributed by atoms with Crippen LogP contribution in [0.2, 0.25) is 0 Å². The number of piperidine rings is 1. The summed E-state index contributed by atoms with van der Waals surface area (Å²) >= 11 is 0. The van der Waals surface area contributed by atoms with Crippen LogP contribution < -0.4 is 5.32 Å². The lowest BCUT2D eigenvalue weighted by Crippen LogP contribution is -2.51. The molecule has 118 valence electrons. The van der Waals surface area contributed by atoms with E-state index in [-0.39, 0.29) is 24.5 Å². The zero-order valence-electron chi connectivity index (χ0n) is 12.1. The summed E-state index contributed by atoms with van der Waals surface area (Å²) in [6.07, 6.45) is 5.20. The minimum absolute atomic E-state index is 0. The molecule has 20 heavy (non-hydrogen) atoms. The molecule has 0 radical (unpaired) electrons. The van der Waals surface area contributed by atoms with E-state index < -0.39 is 10.2 Å². The van der Waals surface area contributed by atoms with Crippen LogP contribution in [0.25, 0.3) is 0 Å². The fraction of sp³-hybridized carbons (Fsp3) is 1.00. The van der Waals surface area contributed by atoms with Gasteiger partial charge in [0.25, 0.3) is 10.2 Å². The predicted octanol–water partition coefficient (Wildman–Crippen LogP) is 1.21. The van der Waals surface area contributed by atoms with Gasteiger partial charge in [0.1, 0.15) is 0 Å². The largest absolute Gasteiger partial charge is 0.315 e. The summed E-state index contributed by atoms with van der Waals surface area (Å²) in [7, 11) is -3.25. The average molecular weight is 324 g/mol. The van der Waals surface area contributed by atoms with Crippen LogP contribution in [-0.4, -0.2) is 55.3 Å². The van der Waals surface area contributed by atoms with Crippen LogP contribution in [0.4, 0.5) is 0 Å². The van der Waals surface area contributed by atoms with E-state index in [1.807, 2.05) is 0 Å². The van der Waals surface area contributed by atoms with E-state index in [2.05, 4.69) is 12.2 Å². The molecule has 0 aromatic carbocycles. The van der Waals surface area contributed by atoms with E-state index in [4.69, 9.17) is 0 Å². The molecule has 3 rings (SSSR count). The first-order valence-electron chi connectivity index (χ1n) is 7.62. The molecule has 2 heterocycles. The predicted molar refractivity (Wildman–Crippen MR) is 82.3 cm³/mol. The highest BCUT2D eigenvalue weighted by molar-refractivity contribution is 7.86. The van der Waals surface area contributed by atoms with Crippen molar-refractivity contribution < 1.29 is 8.42 Å². The summed E-state index contributed by atoms with van der Waals surface area (Å²) in [5.74, 6) is 0.616. The molecular formula is C13H26ClN3O2S. The van der Waals surface area contributed by atoms with Crippen LogP contribution in [-0.2, 0) is 10.2 Å². The maximum Gasteiger partial charge on any atom is 0.282 e. The number of nitrogens with zero attached hydrogens (tertiary/aromatic N) is 2. The van der Waals surface area contributed by atoms with Crippen molar-refractivity contribution in [3.8, 4) is 0 Å². The summed E-state index contributed by atoms with van der Waals surface area (Å²) < 4.78 is 29.4. The second-order valence-corrected chi connectivity index (χ2v) is 8.00. The lowest BCUT2D eigenvalue weighted by molar-refractivity contribution is 0.266. The van der Waals surface area contributed by atoms with Crippen molar-refractivity contribution in [1.29, 1.82) is 0 Å². The molecule has 7 heteroatoms. The highest BCUT2D eigenvalue weighted by atomic mass is 35.5. The zero-order valence-corrected chi connectivity index (χ0v) is 13.8. The summed E-state index contributed by atoms with van der Waals surface area (Å²) in [5, 5.41) is 3.28. The van der Waals surface area contributed by atoms with Crippen LogP contribution in [0.1, 0.15) is 39.0 Å².